The largest absolute Gasteiger partial charge is 0.317 e. The Balaban J connectivity index is 2.06. The van der Waals surface area contributed by atoms with Crippen LogP contribution in [0.4, 0.5) is 0 Å². The lowest BCUT2D eigenvalue weighted by Gasteiger charge is -1.98. The van der Waals surface area contributed by atoms with Crippen LogP contribution >= 0.6 is 0 Å². The zero-order chi connectivity index (χ0) is 9.52. The van der Waals surface area contributed by atoms with E-state index in [0.717, 1.165) is 31.8 Å². The third-order valence-corrected chi connectivity index (χ3v) is 1.80. The van der Waals surface area contributed by atoms with Gasteiger partial charge >= 0.3 is 0 Å². The van der Waals surface area contributed by atoms with Gasteiger partial charge in [0.05, 0.1) is 7.05 Å². The molecule has 1 rings (SSSR count). The molecule has 0 spiro atoms. The third-order valence-electron chi connectivity index (χ3n) is 1.80. The minimum Gasteiger partial charge on any atom is -0.317 e. The number of hydrogen-bond donors (Lipinski definition) is 1. The molecular weight excluding hydrogens is 166 g/mol. The van der Waals surface area contributed by atoms with Gasteiger partial charge in [-0.2, -0.15) is 4.80 Å². The van der Waals surface area contributed by atoms with Gasteiger partial charge in [-0.1, -0.05) is 6.92 Å². The third kappa shape index (κ3) is 3.98. The summed E-state index contributed by atoms with van der Waals surface area (Å²) in [6.45, 7) is 4.24. The highest BCUT2D eigenvalue weighted by molar-refractivity contribution is 4.76. The highest BCUT2D eigenvalue weighted by Gasteiger charge is 1.98. The molecule has 1 aromatic heterocycles. The fourth-order valence-electron chi connectivity index (χ4n) is 1.13. The average Bonchev–Trinajstić information content (AvgIpc) is 2.51. The maximum Gasteiger partial charge on any atom is 0.174 e. The van der Waals surface area contributed by atoms with Gasteiger partial charge in [0, 0.05) is 6.42 Å². The quantitative estimate of drug-likeness (QED) is 0.637. The zero-order valence-electron chi connectivity index (χ0n) is 8.32. The van der Waals surface area contributed by atoms with Crippen LogP contribution in [0.3, 0.4) is 0 Å². The van der Waals surface area contributed by atoms with Gasteiger partial charge in [0.15, 0.2) is 5.82 Å². The van der Waals surface area contributed by atoms with Gasteiger partial charge in [-0.15, -0.1) is 10.2 Å². The van der Waals surface area contributed by atoms with Crippen LogP contribution in [0, 0.1) is 0 Å². The molecule has 0 saturated carbocycles. The molecule has 0 aliphatic heterocycles. The molecule has 0 saturated heterocycles. The molecule has 5 nitrogen and oxygen atoms in total. The van der Waals surface area contributed by atoms with Crippen LogP contribution in [0.25, 0.3) is 0 Å². The van der Waals surface area contributed by atoms with Crippen molar-refractivity contribution < 1.29 is 0 Å². The first-order valence-corrected chi connectivity index (χ1v) is 4.76. The van der Waals surface area contributed by atoms with Crippen molar-refractivity contribution >= 4 is 0 Å². The molecule has 1 N–H and O–H groups in total. The summed E-state index contributed by atoms with van der Waals surface area (Å²) in [4.78, 5) is 1.50. The fourth-order valence-corrected chi connectivity index (χ4v) is 1.13. The molecule has 74 valence electrons. The van der Waals surface area contributed by atoms with E-state index in [4.69, 9.17) is 0 Å². The maximum absolute atomic E-state index is 4.10. The number of aromatic nitrogens is 4. The van der Waals surface area contributed by atoms with Gasteiger partial charge in [0.1, 0.15) is 0 Å². The lowest BCUT2D eigenvalue weighted by atomic mass is 10.2. The summed E-state index contributed by atoms with van der Waals surface area (Å²) < 4.78 is 0. The first-order valence-electron chi connectivity index (χ1n) is 4.76. The predicted octanol–water partition coefficient (Wildman–Crippen LogP) is 0.142. The lowest BCUT2D eigenvalue weighted by molar-refractivity contribution is 0.617. The molecule has 0 aliphatic carbocycles. The fraction of sp³-hybridized carbons (Fsp3) is 0.875. The SMILES string of the molecule is CCNCCCCc1nnn(C)n1. The molecule has 0 unspecified atom stereocenters. The van der Waals surface area contributed by atoms with E-state index in [1.54, 1.807) is 7.05 Å². The first-order chi connectivity index (χ1) is 6.33. The molecular formula is C8H17N5. The van der Waals surface area contributed by atoms with Crippen LogP contribution in [0.5, 0.6) is 0 Å². The van der Waals surface area contributed by atoms with Gasteiger partial charge in [-0.05, 0) is 31.1 Å². The van der Waals surface area contributed by atoms with Crippen molar-refractivity contribution in [1.82, 2.24) is 25.5 Å². The number of hydrogen-bond acceptors (Lipinski definition) is 4. The molecule has 0 bridgehead atoms. The summed E-state index contributed by atoms with van der Waals surface area (Å²) in [5.41, 5.74) is 0. The number of unbranched alkanes of at least 4 members (excludes halogenated alkanes) is 1. The first kappa shape index (κ1) is 10.1. The lowest BCUT2D eigenvalue weighted by Crippen LogP contribution is -2.14. The van der Waals surface area contributed by atoms with Crippen LogP contribution in [0.1, 0.15) is 25.6 Å². The number of aryl methyl sites for hydroxylation is 2. The van der Waals surface area contributed by atoms with E-state index in [2.05, 4.69) is 27.7 Å². The van der Waals surface area contributed by atoms with Crippen LogP contribution < -0.4 is 5.32 Å². The van der Waals surface area contributed by atoms with Crippen LogP contribution in [-0.4, -0.2) is 33.3 Å². The van der Waals surface area contributed by atoms with Crippen LogP contribution in [0.2, 0.25) is 0 Å². The van der Waals surface area contributed by atoms with E-state index in [0.29, 0.717) is 0 Å². The van der Waals surface area contributed by atoms with Gasteiger partial charge in [-0.25, -0.2) is 0 Å². The zero-order valence-corrected chi connectivity index (χ0v) is 8.32. The van der Waals surface area contributed by atoms with Gasteiger partial charge < -0.3 is 5.32 Å². The second kappa shape index (κ2) is 5.64. The molecule has 0 aliphatic rings. The topological polar surface area (TPSA) is 55.6 Å². The Morgan fingerprint density at radius 1 is 1.38 bits per heavy atom. The Kier molecular flexibility index (Phi) is 4.39. The van der Waals surface area contributed by atoms with Crippen molar-refractivity contribution in [1.29, 1.82) is 0 Å². The van der Waals surface area contributed by atoms with Crippen molar-refractivity contribution in [2.24, 2.45) is 7.05 Å². The van der Waals surface area contributed by atoms with Crippen molar-refractivity contribution in [2.45, 2.75) is 26.2 Å². The summed E-state index contributed by atoms with van der Waals surface area (Å²) in [5.74, 6) is 0.846. The summed E-state index contributed by atoms with van der Waals surface area (Å²) in [5, 5.41) is 15.1. The molecule has 13 heavy (non-hydrogen) atoms. The second-order valence-corrected chi connectivity index (χ2v) is 3.01. The highest BCUT2D eigenvalue weighted by atomic mass is 15.6. The predicted molar refractivity (Wildman–Crippen MR) is 50.3 cm³/mol. The Hall–Kier alpha value is -0.970. The minimum absolute atomic E-state index is 0.846. The smallest absolute Gasteiger partial charge is 0.174 e. The highest BCUT2D eigenvalue weighted by Crippen LogP contribution is 1.95. The van der Waals surface area contributed by atoms with Crippen LogP contribution in [0.15, 0.2) is 0 Å². The van der Waals surface area contributed by atoms with E-state index < -0.39 is 0 Å². The molecule has 0 atom stereocenters. The Morgan fingerprint density at radius 2 is 2.23 bits per heavy atom. The van der Waals surface area contributed by atoms with Crippen molar-refractivity contribution in [3.63, 3.8) is 0 Å². The van der Waals surface area contributed by atoms with E-state index >= 15 is 0 Å². The average molecular weight is 183 g/mol. The van der Waals surface area contributed by atoms with Crippen LogP contribution in [-0.2, 0) is 13.5 Å². The molecule has 5 heteroatoms. The van der Waals surface area contributed by atoms with Crippen molar-refractivity contribution in [2.75, 3.05) is 13.1 Å². The Bertz CT molecular complexity index is 232. The van der Waals surface area contributed by atoms with Crippen molar-refractivity contribution in [3.05, 3.63) is 5.82 Å². The monoisotopic (exact) mass is 183 g/mol. The Morgan fingerprint density at radius 3 is 2.85 bits per heavy atom. The molecule has 1 aromatic rings. The van der Waals surface area contributed by atoms with Crippen molar-refractivity contribution in [3.8, 4) is 0 Å². The van der Waals surface area contributed by atoms with E-state index in [-0.39, 0.29) is 0 Å². The molecule has 0 fully saturated rings. The van der Waals surface area contributed by atoms with E-state index in [9.17, 15) is 0 Å². The number of tetrazole rings is 1. The normalized spacial score (nSPS) is 10.6. The van der Waals surface area contributed by atoms with E-state index in [1.165, 1.54) is 11.2 Å². The second-order valence-electron chi connectivity index (χ2n) is 3.01. The molecule has 0 amide bonds. The maximum atomic E-state index is 4.10. The standard InChI is InChI=1S/C8H17N5/c1-3-9-7-5-4-6-8-10-12-13(2)11-8/h9H,3-7H2,1-2H3. The minimum atomic E-state index is 0.846. The molecule has 1 heterocycles. The van der Waals surface area contributed by atoms with Gasteiger partial charge in [-0.3, -0.25) is 0 Å². The summed E-state index contributed by atoms with van der Waals surface area (Å²) in [6, 6.07) is 0. The summed E-state index contributed by atoms with van der Waals surface area (Å²) in [7, 11) is 1.79. The Labute approximate surface area is 78.5 Å². The number of nitrogens with zero attached hydrogens (tertiary/aromatic N) is 4. The van der Waals surface area contributed by atoms with Gasteiger partial charge in [0.2, 0.25) is 0 Å². The molecule has 0 aromatic carbocycles. The summed E-state index contributed by atoms with van der Waals surface area (Å²) >= 11 is 0. The number of nitrogens with one attached hydrogen (secondary N) is 1. The molecule has 0 radical (unpaired) electrons. The number of rotatable bonds is 6. The van der Waals surface area contributed by atoms with Gasteiger partial charge in [0.25, 0.3) is 0 Å². The summed E-state index contributed by atoms with van der Waals surface area (Å²) in [6.07, 6.45) is 3.23. The van der Waals surface area contributed by atoms with E-state index in [1.807, 2.05) is 0 Å².